The van der Waals surface area contributed by atoms with Gasteiger partial charge in [-0.25, -0.2) is 9.97 Å². The average Bonchev–Trinajstić information content (AvgIpc) is 2.78. The van der Waals surface area contributed by atoms with E-state index in [1.165, 1.54) is 5.56 Å². The molecule has 0 radical (unpaired) electrons. The summed E-state index contributed by atoms with van der Waals surface area (Å²) in [5, 5.41) is 3.34. The van der Waals surface area contributed by atoms with Crippen LogP contribution in [0, 0.1) is 0 Å². The molecule has 0 amide bonds. The van der Waals surface area contributed by atoms with Gasteiger partial charge >= 0.3 is 0 Å². The summed E-state index contributed by atoms with van der Waals surface area (Å²) in [6.07, 6.45) is 6.44. The molecule has 6 nitrogen and oxygen atoms in total. The molecule has 6 heteroatoms. The monoisotopic (exact) mass is 391 g/mol. The molecule has 29 heavy (non-hydrogen) atoms. The van der Waals surface area contributed by atoms with E-state index < -0.39 is 0 Å². The molecular weight excluding hydrogens is 366 g/mol. The highest BCUT2D eigenvalue weighted by atomic mass is 16.5. The standard InChI is InChI=1S/C23H25N3O3/c1-27-19-15-18(16-20(28-2)23(19)29-3)9-10-21-25-14-12-22(26-21)24-13-11-17-7-5-4-6-8-17/h4-10,12,14-16H,11,13H2,1-3H3,(H,24,25,26). The molecule has 0 unspecified atom stereocenters. The van der Waals surface area contributed by atoms with Crippen molar-refractivity contribution in [3.8, 4) is 17.2 Å². The van der Waals surface area contributed by atoms with Gasteiger partial charge in [0.15, 0.2) is 17.3 Å². The Kier molecular flexibility index (Phi) is 7.05. The van der Waals surface area contributed by atoms with Gasteiger partial charge < -0.3 is 19.5 Å². The van der Waals surface area contributed by atoms with E-state index in [1.54, 1.807) is 27.5 Å². The molecule has 0 spiro atoms. The van der Waals surface area contributed by atoms with Gasteiger partial charge in [0.1, 0.15) is 5.82 Å². The molecule has 3 rings (SSSR count). The summed E-state index contributed by atoms with van der Waals surface area (Å²) in [6.45, 7) is 0.803. The number of hydrogen-bond acceptors (Lipinski definition) is 6. The Balaban J connectivity index is 1.69. The number of anilines is 1. The van der Waals surface area contributed by atoms with Crippen LogP contribution in [0.2, 0.25) is 0 Å². The van der Waals surface area contributed by atoms with E-state index in [1.807, 2.05) is 48.6 Å². The summed E-state index contributed by atoms with van der Waals surface area (Å²) in [6, 6.07) is 16.0. The van der Waals surface area contributed by atoms with Gasteiger partial charge in [-0.1, -0.05) is 36.4 Å². The van der Waals surface area contributed by atoms with Crippen LogP contribution in [-0.2, 0) is 6.42 Å². The Morgan fingerprint density at radius 3 is 2.28 bits per heavy atom. The number of hydrogen-bond donors (Lipinski definition) is 1. The maximum absolute atomic E-state index is 5.39. The van der Waals surface area contributed by atoms with Gasteiger partial charge in [0.25, 0.3) is 0 Å². The fourth-order valence-corrected chi connectivity index (χ4v) is 2.90. The zero-order valence-electron chi connectivity index (χ0n) is 16.9. The molecule has 1 N–H and O–H groups in total. The minimum absolute atomic E-state index is 0.563. The first-order valence-electron chi connectivity index (χ1n) is 9.32. The van der Waals surface area contributed by atoms with Gasteiger partial charge in [0.05, 0.1) is 21.3 Å². The molecule has 1 heterocycles. The number of rotatable bonds is 9. The summed E-state index contributed by atoms with van der Waals surface area (Å²) < 4.78 is 16.1. The first kappa shape index (κ1) is 20.2. The van der Waals surface area contributed by atoms with Gasteiger partial charge in [0, 0.05) is 12.7 Å². The Labute approximate surface area is 171 Å². The zero-order valence-corrected chi connectivity index (χ0v) is 16.9. The van der Waals surface area contributed by atoms with Crippen LogP contribution in [0.25, 0.3) is 12.2 Å². The second kappa shape index (κ2) is 10.1. The second-order valence-corrected chi connectivity index (χ2v) is 6.25. The van der Waals surface area contributed by atoms with Crippen LogP contribution in [0.1, 0.15) is 17.0 Å². The molecule has 0 aliphatic rings. The molecule has 0 saturated heterocycles. The summed E-state index contributed by atoms with van der Waals surface area (Å²) in [4.78, 5) is 8.86. The van der Waals surface area contributed by atoms with E-state index in [0.717, 1.165) is 24.3 Å². The summed E-state index contributed by atoms with van der Waals surface area (Å²) >= 11 is 0. The minimum Gasteiger partial charge on any atom is -0.493 e. The lowest BCUT2D eigenvalue weighted by molar-refractivity contribution is 0.324. The molecule has 2 aromatic carbocycles. The van der Waals surface area contributed by atoms with Crippen LogP contribution in [0.3, 0.4) is 0 Å². The fourth-order valence-electron chi connectivity index (χ4n) is 2.90. The van der Waals surface area contributed by atoms with Crippen LogP contribution < -0.4 is 19.5 Å². The average molecular weight is 391 g/mol. The smallest absolute Gasteiger partial charge is 0.203 e. The molecular formula is C23H25N3O3. The van der Waals surface area contributed by atoms with Gasteiger partial charge in [-0.2, -0.15) is 0 Å². The lowest BCUT2D eigenvalue weighted by Crippen LogP contribution is -2.07. The fraction of sp³-hybridized carbons (Fsp3) is 0.217. The van der Waals surface area contributed by atoms with Crippen LogP contribution in [-0.4, -0.2) is 37.8 Å². The number of aromatic nitrogens is 2. The molecule has 0 fully saturated rings. The van der Waals surface area contributed by atoms with Crippen molar-refractivity contribution in [1.29, 1.82) is 0 Å². The first-order valence-corrected chi connectivity index (χ1v) is 9.32. The zero-order chi connectivity index (χ0) is 20.5. The Morgan fingerprint density at radius 2 is 1.62 bits per heavy atom. The van der Waals surface area contributed by atoms with Crippen molar-refractivity contribution in [2.45, 2.75) is 6.42 Å². The van der Waals surface area contributed by atoms with Gasteiger partial charge in [-0.3, -0.25) is 0 Å². The van der Waals surface area contributed by atoms with Crippen LogP contribution in [0.4, 0.5) is 5.82 Å². The predicted molar refractivity (Wildman–Crippen MR) is 116 cm³/mol. The Morgan fingerprint density at radius 1 is 0.897 bits per heavy atom. The molecule has 0 aliphatic heterocycles. The lowest BCUT2D eigenvalue weighted by Gasteiger charge is -2.12. The topological polar surface area (TPSA) is 65.5 Å². The van der Waals surface area contributed by atoms with E-state index in [0.29, 0.717) is 23.1 Å². The maximum Gasteiger partial charge on any atom is 0.203 e. The van der Waals surface area contributed by atoms with Gasteiger partial charge in [-0.05, 0) is 41.8 Å². The van der Waals surface area contributed by atoms with Crippen molar-refractivity contribution < 1.29 is 14.2 Å². The highest BCUT2D eigenvalue weighted by molar-refractivity contribution is 5.71. The predicted octanol–water partition coefficient (Wildman–Crippen LogP) is 4.33. The second-order valence-electron chi connectivity index (χ2n) is 6.25. The van der Waals surface area contributed by atoms with Crippen molar-refractivity contribution >= 4 is 18.0 Å². The normalized spacial score (nSPS) is 10.7. The van der Waals surface area contributed by atoms with Gasteiger partial charge in [-0.15, -0.1) is 0 Å². The summed E-state index contributed by atoms with van der Waals surface area (Å²) in [5.41, 5.74) is 2.18. The van der Waals surface area contributed by atoms with E-state index in [2.05, 4.69) is 27.4 Å². The molecule has 0 bridgehead atoms. The number of nitrogens with one attached hydrogen (secondary N) is 1. The van der Waals surface area contributed by atoms with Crippen LogP contribution in [0.15, 0.2) is 54.7 Å². The number of benzene rings is 2. The minimum atomic E-state index is 0.563. The molecule has 3 aromatic rings. The van der Waals surface area contributed by atoms with E-state index in [4.69, 9.17) is 14.2 Å². The van der Waals surface area contributed by atoms with Crippen LogP contribution >= 0.6 is 0 Å². The lowest BCUT2D eigenvalue weighted by atomic mass is 10.1. The third kappa shape index (κ3) is 5.48. The number of nitrogens with zero attached hydrogens (tertiary/aromatic N) is 2. The van der Waals surface area contributed by atoms with Gasteiger partial charge in [0.2, 0.25) is 5.75 Å². The third-order valence-corrected chi connectivity index (χ3v) is 4.35. The first-order chi connectivity index (χ1) is 14.2. The SMILES string of the molecule is COc1cc(C=Cc2nccc(NCCc3ccccc3)n2)cc(OC)c1OC. The molecule has 1 aromatic heterocycles. The van der Waals surface area contributed by atoms with E-state index >= 15 is 0 Å². The van der Waals surface area contributed by atoms with Crippen LogP contribution in [0.5, 0.6) is 17.2 Å². The van der Waals surface area contributed by atoms with Crippen molar-refractivity contribution in [1.82, 2.24) is 9.97 Å². The highest BCUT2D eigenvalue weighted by Crippen LogP contribution is 2.38. The largest absolute Gasteiger partial charge is 0.493 e. The number of ether oxygens (including phenoxy) is 3. The van der Waals surface area contributed by atoms with Crippen molar-refractivity contribution in [3.63, 3.8) is 0 Å². The maximum atomic E-state index is 5.39. The van der Waals surface area contributed by atoms with Crippen molar-refractivity contribution in [2.24, 2.45) is 0 Å². The molecule has 150 valence electrons. The van der Waals surface area contributed by atoms with E-state index in [-0.39, 0.29) is 0 Å². The van der Waals surface area contributed by atoms with E-state index in [9.17, 15) is 0 Å². The third-order valence-electron chi connectivity index (χ3n) is 4.35. The highest BCUT2D eigenvalue weighted by Gasteiger charge is 2.12. The summed E-state index contributed by atoms with van der Waals surface area (Å²) in [5.74, 6) is 3.17. The molecule has 0 aliphatic carbocycles. The van der Waals surface area contributed by atoms with Crippen molar-refractivity contribution in [3.05, 3.63) is 71.7 Å². The van der Waals surface area contributed by atoms with Crippen molar-refractivity contribution in [2.75, 3.05) is 33.2 Å². The molecule has 0 saturated carbocycles. The summed E-state index contributed by atoms with van der Waals surface area (Å²) in [7, 11) is 4.77. The Bertz CT molecular complexity index is 934. The Hall–Kier alpha value is -3.54. The molecule has 0 atom stereocenters. The number of methoxy groups -OCH3 is 3. The quantitative estimate of drug-likeness (QED) is 0.586.